The number of carbonyl (C=O) groups excluding carboxylic acids is 1. The Kier molecular flexibility index (Phi) is 5.07. The zero-order valence-corrected chi connectivity index (χ0v) is 14.8. The average Bonchev–Trinajstić information content (AvgIpc) is 2.37. The van der Waals surface area contributed by atoms with E-state index in [1.54, 1.807) is 0 Å². The monoisotopic (exact) mass is 442 g/mol. The summed E-state index contributed by atoms with van der Waals surface area (Å²) >= 11 is 6.17. The summed E-state index contributed by atoms with van der Waals surface area (Å²) < 4.78 is 40.2. The van der Waals surface area contributed by atoms with Gasteiger partial charge in [-0.15, -0.1) is 0 Å². The number of rotatable bonds is 3. The second-order valence-corrected chi connectivity index (χ2v) is 8.36. The summed E-state index contributed by atoms with van der Waals surface area (Å²) in [5, 5.41) is 0. The molecule has 116 valence electrons. The van der Waals surface area contributed by atoms with Gasteiger partial charge in [0.05, 0.1) is 0 Å². The molecule has 1 fully saturated rings. The maximum atomic E-state index is 13.3. The molecular weight excluding hydrogens is 431 g/mol. The van der Waals surface area contributed by atoms with Crippen LogP contribution >= 0.6 is 31.9 Å². The fourth-order valence-electron chi connectivity index (χ4n) is 2.29. The van der Waals surface area contributed by atoms with Crippen LogP contribution in [-0.2, 0) is 14.8 Å². The predicted molar refractivity (Wildman–Crippen MR) is 82.5 cm³/mol. The van der Waals surface area contributed by atoms with Crippen molar-refractivity contribution in [2.45, 2.75) is 17.7 Å². The first kappa shape index (κ1) is 16.9. The van der Waals surface area contributed by atoms with Gasteiger partial charge in [0.15, 0.2) is 0 Å². The van der Waals surface area contributed by atoms with Gasteiger partial charge in [-0.1, -0.05) is 0 Å². The number of carbonyl (C=O) groups is 1. The summed E-state index contributed by atoms with van der Waals surface area (Å²) in [5.41, 5.74) is 5.23. The van der Waals surface area contributed by atoms with Gasteiger partial charge in [0, 0.05) is 28.0 Å². The number of hydrogen-bond donors (Lipinski definition) is 1. The lowest BCUT2D eigenvalue weighted by atomic mass is 9.98. The van der Waals surface area contributed by atoms with E-state index in [-0.39, 0.29) is 32.8 Å². The minimum Gasteiger partial charge on any atom is -0.369 e. The molecular formula is C12H13Br2FN2O3S. The van der Waals surface area contributed by atoms with Gasteiger partial charge < -0.3 is 5.73 Å². The molecule has 5 nitrogen and oxygen atoms in total. The van der Waals surface area contributed by atoms with Crippen molar-refractivity contribution in [2.75, 3.05) is 13.1 Å². The van der Waals surface area contributed by atoms with Crippen molar-refractivity contribution in [3.63, 3.8) is 0 Å². The largest absolute Gasteiger partial charge is 0.369 e. The van der Waals surface area contributed by atoms with E-state index in [4.69, 9.17) is 5.73 Å². The van der Waals surface area contributed by atoms with Gasteiger partial charge in [-0.2, -0.15) is 4.31 Å². The van der Waals surface area contributed by atoms with E-state index in [1.807, 2.05) is 0 Å². The summed E-state index contributed by atoms with van der Waals surface area (Å²) in [6, 6.07) is 2.21. The molecule has 1 aromatic carbocycles. The van der Waals surface area contributed by atoms with Crippen LogP contribution in [0.5, 0.6) is 0 Å². The lowest BCUT2D eigenvalue weighted by Gasteiger charge is -2.30. The molecule has 0 aliphatic carbocycles. The SMILES string of the molecule is NC(=O)C1CCN(S(=O)(=O)c2c(Br)cc(F)cc2Br)CC1. The molecule has 0 unspecified atom stereocenters. The highest BCUT2D eigenvalue weighted by Crippen LogP contribution is 2.34. The third-order valence-electron chi connectivity index (χ3n) is 3.42. The third kappa shape index (κ3) is 3.46. The first-order chi connectivity index (χ1) is 9.73. The number of hydrogen-bond acceptors (Lipinski definition) is 3. The second kappa shape index (κ2) is 6.31. The average molecular weight is 444 g/mol. The van der Waals surface area contributed by atoms with Crippen LogP contribution < -0.4 is 5.73 Å². The van der Waals surface area contributed by atoms with Crippen molar-refractivity contribution in [2.24, 2.45) is 11.7 Å². The summed E-state index contributed by atoms with van der Waals surface area (Å²) in [6.07, 6.45) is 0.788. The number of nitrogens with zero attached hydrogens (tertiary/aromatic N) is 1. The highest BCUT2D eigenvalue weighted by molar-refractivity contribution is 9.11. The molecule has 1 heterocycles. The van der Waals surface area contributed by atoms with Crippen LogP contribution in [0.1, 0.15) is 12.8 Å². The fourth-order valence-corrected chi connectivity index (χ4v) is 6.20. The van der Waals surface area contributed by atoms with Gasteiger partial charge in [-0.3, -0.25) is 4.79 Å². The molecule has 0 radical (unpaired) electrons. The molecule has 21 heavy (non-hydrogen) atoms. The van der Waals surface area contributed by atoms with Gasteiger partial charge >= 0.3 is 0 Å². The molecule has 0 atom stereocenters. The van der Waals surface area contributed by atoms with Crippen LogP contribution in [0.2, 0.25) is 0 Å². The highest BCUT2D eigenvalue weighted by atomic mass is 79.9. The number of sulfonamides is 1. The van der Waals surface area contributed by atoms with Crippen molar-refractivity contribution in [3.05, 3.63) is 26.9 Å². The van der Waals surface area contributed by atoms with Crippen molar-refractivity contribution < 1.29 is 17.6 Å². The summed E-state index contributed by atoms with van der Waals surface area (Å²) in [4.78, 5) is 11.1. The maximum Gasteiger partial charge on any atom is 0.245 e. The predicted octanol–water partition coefficient (Wildman–Crippen LogP) is 2.24. The van der Waals surface area contributed by atoms with E-state index in [0.29, 0.717) is 12.8 Å². The lowest BCUT2D eigenvalue weighted by Crippen LogP contribution is -2.41. The Morgan fingerprint density at radius 2 is 1.71 bits per heavy atom. The van der Waals surface area contributed by atoms with E-state index in [1.165, 1.54) is 4.31 Å². The fraction of sp³-hybridized carbons (Fsp3) is 0.417. The Labute approximate surface area is 139 Å². The van der Waals surface area contributed by atoms with E-state index in [2.05, 4.69) is 31.9 Å². The summed E-state index contributed by atoms with van der Waals surface area (Å²) in [6.45, 7) is 0.429. The van der Waals surface area contributed by atoms with Crippen molar-refractivity contribution in [3.8, 4) is 0 Å². The molecule has 1 aliphatic rings. The van der Waals surface area contributed by atoms with E-state index in [9.17, 15) is 17.6 Å². The normalized spacial score (nSPS) is 17.9. The molecule has 1 amide bonds. The molecule has 2 N–H and O–H groups in total. The van der Waals surface area contributed by atoms with Crippen molar-refractivity contribution in [1.29, 1.82) is 0 Å². The Bertz CT molecular complexity index is 650. The molecule has 0 aromatic heterocycles. The van der Waals surface area contributed by atoms with Crippen LogP contribution in [0.3, 0.4) is 0 Å². The molecule has 0 saturated carbocycles. The third-order valence-corrected chi connectivity index (χ3v) is 7.19. The van der Waals surface area contributed by atoms with Crippen LogP contribution in [-0.4, -0.2) is 31.7 Å². The van der Waals surface area contributed by atoms with E-state index < -0.39 is 21.7 Å². The first-order valence-electron chi connectivity index (χ1n) is 6.17. The van der Waals surface area contributed by atoms with Gasteiger partial charge in [0.2, 0.25) is 15.9 Å². The zero-order valence-electron chi connectivity index (χ0n) is 10.9. The highest BCUT2D eigenvalue weighted by Gasteiger charge is 2.33. The maximum absolute atomic E-state index is 13.3. The zero-order chi connectivity index (χ0) is 15.8. The molecule has 1 aromatic rings. The number of primary amides is 1. The molecule has 9 heteroatoms. The van der Waals surface area contributed by atoms with Crippen LogP contribution in [0, 0.1) is 11.7 Å². The number of benzene rings is 1. The topological polar surface area (TPSA) is 80.5 Å². The van der Waals surface area contributed by atoms with Gasteiger partial charge in [-0.25, -0.2) is 12.8 Å². The second-order valence-electron chi connectivity index (χ2n) is 4.78. The standard InChI is InChI=1S/C12H13Br2FN2O3S/c13-9-5-8(15)6-10(14)11(9)21(19,20)17-3-1-7(2-4-17)12(16)18/h5-7H,1-4H2,(H2,16,18). The quantitative estimate of drug-likeness (QED) is 0.777. The van der Waals surface area contributed by atoms with Crippen molar-refractivity contribution >= 4 is 47.8 Å². The van der Waals surface area contributed by atoms with Gasteiger partial charge in [-0.05, 0) is 56.8 Å². The molecule has 2 rings (SSSR count). The number of halogens is 3. The Morgan fingerprint density at radius 1 is 1.24 bits per heavy atom. The van der Waals surface area contributed by atoms with Crippen LogP contribution in [0.15, 0.2) is 26.0 Å². The van der Waals surface area contributed by atoms with E-state index >= 15 is 0 Å². The van der Waals surface area contributed by atoms with Gasteiger partial charge in [0.1, 0.15) is 10.7 Å². The van der Waals surface area contributed by atoms with Crippen LogP contribution in [0.25, 0.3) is 0 Å². The smallest absolute Gasteiger partial charge is 0.245 e. The molecule has 1 aliphatic heterocycles. The Balaban J connectivity index is 2.30. The lowest BCUT2D eigenvalue weighted by molar-refractivity contribution is -0.122. The Morgan fingerprint density at radius 3 is 2.14 bits per heavy atom. The minimum absolute atomic E-state index is 0.0126. The summed E-state index contributed by atoms with van der Waals surface area (Å²) in [5.74, 6) is -1.24. The Hall–Kier alpha value is -0.510. The minimum atomic E-state index is -3.77. The first-order valence-corrected chi connectivity index (χ1v) is 9.20. The molecule has 0 spiro atoms. The number of piperidine rings is 1. The van der Waals surface area contributed by atoms with Gasteiger partial charge in [0.25, 0.3) is 0 Å². The molecule has 0 bridgehead atoms. The summed E-state index contributed by atoms with van der Waals surface area (Å²) in [7, 11) is -3.77. The molecule has 1 saturated heterocycles. The number of amides is 1. The van der Waals surface area contributed by atoms with Crippen molar-refractivity contribution in [1.82, 2.24) is 4.31 Å². The van der Waals surface area contributed by atoms with Crippen LogP contribution in [0.4, 0.5) is 4.39 Å². The van der Waals surface area contributed by atoms with E-state index in [0.717, 1.165) is 12.1 Å². The number of nitrogens with two attached hydrogens (primary N) is 1.